The number of methoxy groups -OCH3 is 1. The third-order valence-corrected chi connectivity index (χ3v) is 4.76. The van der Waals surface area contributed by atoms with Gasteiger partial charge in [0.25, 0.3) is 0 Å². The van der Waals surface area contributed by atoms with Crippen LogP contribution in [-0.2, 0) is 9.53 Å². The summed E-state index contributed by atoms with van der Waals surface area (Å²) in [7, 11) is 1.41. The summed E-state index contributed by atoms with van der Waals surface area (Å²) in [5.41, 5.74) is 0. The number of hydrogen-bond donors (Lipinski definition) is 1. The number of hydrogen-bond acceptors (Lipinski definition) is 3. The standard InChI is InChI=1S/C13H23BF3N2O2/c1-21-13(20)11-2-8-19(9-3-11)12-4-6-18(7-5-12)10-14(15,16)17/h11-12H,2-10H2,1H3/q-1/p+1. The number of carbonyl (C=O) groups is 1. The van der Waals surface area contributed by atoms with Crippen LogP contribution in [0.15, 0.2) is 0 Å². The fraction of sp³-hybridized carbons (Fsp3) is 0.923. The van der Waals surface area contributed by atoms with Crippen LogP contribution in [-0.4, -0.2) is 63.6 Å². The van der Waals surface area contributed by atoms with Gasteiger partial charge in [-0.05, 0) is 25.9 Å². The van der Waals surface area contributed by atoms with Gasteiger partial charge in [-0.1, -0.05) is 0 Å². The largest absolute Gasteiger partial charge is 0.531 e. The Balaban J connectivity index is 1.73. The first-order valence-electron chi connectivity index (χ1n) is 7.75. The molecule has 0 atom stereocenters. The van der Waals surface area contributed by atoms with Crippen molar-refractivity contribution in [2.24, 2.45) is 5.92 Å². The van der Waals surface area contributed by atoms with Crippen LogP contribution in [0.2, 0.25) is 0 Å². The molecule has 21 heavy (non-hydrogen) atoms. The molecule has 2 saturated heterocycles. The quantitative estimate of drug-likeness (QED) is 0.599. The number of rotatable bonds is 4. The molecule has 2 aliphatic heterocycles. The first kappa shape index (κ1) is 16.6. The maximum absolute atomic E-state index is 12.4. The molecule has 2 rings (SSSR count). The van der Waals surface area contributed by atoms with Gasteiger partial charge < -0.3 is 22.6 Å². The summed E-state index contributed by atoms with van der Waals surface area (Å²) in [6.45, 7) is -1.78. The first-order chi connectivity index (χ1) is 9.89. The maximum atomic E-state index is 12.4. The number of nitrogens with one attached hydrogen (secondary N) is 1. The van der Waals surface area contributed by atoms with Crippen molar-refractivity contribution in [3.8, 4) is 0 Å². The summed E-state index contributed by atoms with van der Waals surface area (Å²) >= 11 is 0. The molecule has 0 saturated carbocycles. The second-order valence-corrected chi connectivity index (χ2v) is 6.23. The van der Waals surface area contributed by atoms with Gasteiger partial charge in [0.1, 0.15) is 0 Å². The second kappa shape index (κ2) is 7.00. The lowest BCUT2D eigenvalue weighted by molar-refractivity contribution is -0.897. The van der Waals surface area contributed by atoms with Gasteiger partial charge in [-0.3, -0.25) is 9.69 Å². The highest BCUT2D eigenvalue weighted by Gasteiger charge is 2.35. The monoisotopic (exact) mass is 308 g/mol. The zero-order valence-electron chi connectivity index (χ0n) is 12.5. The Morgan fingerprint density at radius 2 is 1.76 bits per heavy atom. The number of piperidine rings is 2. The minimum Gasteiger partial charge on any atom is -0.469 e. The highest BCUT2D eigenvalue weighted by molar-refractivity contribution is 6.58. The predicted octanol–water partition coefficient (Wildman–Crippen LogP) is 0.305. The van der Waals surface area contributed by atoms with Gasteiger partial charge in [-0.25, -0.2) is 0 Å². The summed E-state index contributed by atoms with van der Waals surface area (Å²) < 4.78 is 42.1. The van der Waals surface area contributed by atoms with Gasteiger partial charge in [-0.15, -0.1) is 0 Å². The second-order valence-electron chi connectivity index (χ2n) is 6.23. The zero-order valence-corrected chi connectivity index (χ0v) is 12.5. The Kier molecular flexibility index (Phi) is 5.54. The van der Waals surface area contributed by atoms with E-state index in [1.54, 1.807) is 0 Å². The van der Waals surface area contributed by atoms with Crippen molar-refractivity contribution in [3.05, 3.63) is 0 Å². The molecule has 0 radical (unpaired) electrons. The van der Waals surface area contributed by atoms with E-state index in [9.17, 15) is 17.7 Å². The minimum atomic E-state index is -4.68. The molecule has 0 unspecified atom stereocenters. The Bertz CT molecular complexity index is 352. The van der Waals surface area contributed by atoms with Crippen molar-refractivity contribution >= 4 is 12.9 Å². The van der Waals surface area contributed by atoms with E-state index in [0.717, 1.165) is 38.8 Å². The van der Waals surface area contributed by atoms with Crippen molar-refractivity contribution < 1.29 is 27.4 Å². The molecule has 2 heterocycles. The molecule has 0 spiro atoms. The Morgan fingerprint density at radius 1 is 1.19 bits per heavy atom. The van der Waals surface area contributed by atoms with Gasteiger partial charge in [0.05, 0.1) is 32.6 Å². The Hall–Kier alpha value is -0.755. The van der Waals surface area contributed by atoms with Crippen molar-refractivity contribution in [1.29, 1.82) is 0 Å². The summed E-state index contributed by atoms with van der Waals surface area (Å²) in [5.74, 6) is -0.147. The number of nitrogens with zero attached hydrogens (tertiary/aromatic N) is 1. The van der Waals surface area contributed by atoms with Crippen LogP contribution < -0.4 is 4.90 Å². The van der Waals surface area contributed by atoms with Crippen LogP contribution in [0.3, 0.4) is 0 Å². The zero-order chi connectivity index (χ0) is 15.5. The highest BCUT2D eigenvalue weighted by Crippen LogP contribution is 2.22. The summed E-state index contributed by atoms with van der Waals surface area (Å²) in [5, 5.41) is 0. The molecular formula is C13H24BF3N2O2. The third kappa shape index (κ3) is 4.88. The molecule has 1 N–H and O–H groups in total. The molecule has 0 amide bonds. The van der Waals surface area contributed by atoms with Gasteiger partial charge in [-0.2, -0.15) is 0 Å². The summed E-state index contributed by atoms with van der Waals surface area (Å²) in [6, 6.07) is 0.382. The molecule has 122 valence electrons. The smallest absolute Gasteiger partial charge is 0.469 e. The van der Waals surface area contributed by atoms with Gasteiger partial charge in [0.15, 0.2) is 0 Å². The number of carbonyl (C=O) groups excluding carboxylic acids is 1. The molecule has 2 fully saturated rings. The van der Waals surface area contributed by atoms with E-state index in [4.69, 9.17) is 4.74 Å². The van der Waals surface area contributed by atoms with Crippen LogP contribution in [0.4, 0.5) is 12.9 Å². The van der Waals surface area contributed by atoms with Crippen molar-refractivity contribution in [1.82, 2.24) is 4.90 Å². The van der Waals surface area contributed by atoms with Gasteiger partial charge >= 0.3 is 12.9 Å². The predicted molar refractivity (Wildman–Crippen MR) is 74.0 cm³/mol. The number of quaternary nitrogens is 1. The van der Waals surface area contributed by atoms with Gasteiger partial charge in [0, 0.05) is 18.9 Å². The van der Waals surface area contributed by atoms with E-state index in [1.165, 1.54) is 7.11 Å². The van der Waals surface area contributed by atoms with Gasteiger partial charge in [0.2, 0.25) is 0 Å². The summed E-state index contributed by atoms with van der Waals surface area (Å²) in [4.78, 5) is 14.5. The lowest BCUT2D eigenvalue weighted by atomic mass is 9.88. The number of likely N-dealkylation sites (tertiary alicyclic amines) is 2. The molecular weight excluding hydrogens is 284 g/mol. The van der Waals surface area contributed by atoms with Crippen molar-refractivity contribution in [2.45, 2.75) is 31.7 Å². The Morgan fingerprint density at radius 3 is 2.24 bits per heavy atom. The molecule has 0 bridgehead atoms. The lowest BCUT2D eigenvalue weighted by Crippen LogP contribution is -3.15. The molecule has 0 aliphatic carbocycles. The van der Waals surface area contributed by atoms with Crippen LogP contribution in [0.5, 0.6) is 0 Å². The summed E-state index contributed by atoms with van der Waals surface area (Å²) in [6.07, 6.45) is 2.59. The Labute approximate surface area is 123 Å². The number of esters is 1. The third-order valence-electron chi connectivity index (χ3n) is 4.76. The van der Waals surface area contributed by atoms with E-state index in [1.807, 2.05) is 0 Å². The van der Waals surface area contributed by atoms with Crippen LogP contribution in [0.25, 0.3) is 0 Å². The SMILES string of the molecule is COC(=O)C1CCN(C2CC[NH+](C[B-](F)(F)F)CC2)CC1. The molecule has 0 aromatic rings. The molecule has 4 nitrogen and oxygen atoms in total. The highest BCUT2D eigenvalue weighted by atomic mass is 19.4. The van der Waals surface area contributed by atoms with Crippen LogP contribution in [0, 0.1) is 5.92 Å². The first-order valence-corrected chi connectivity index (χ1v) is 7.75. The maximum Gasteiger partial charge on any atom is 0.531 e. The molecule has 8 heteroatoms. The van der Waals surface area contributed by atoms with Crippen LogP contribution in [0.1, 0.15) is 25.7 Å². The number of halogens is 3. The number of ether oxygens (including phenoxy) is 1. The minimum absolute atomic E-state index is 0.00936. The van der Waals surface area contributed by atoms with Crippen molar-refractivity contribution in [2.75, 3.05) is 39.7 Å². The topological polar surface area (TPSA) is 34.0 Å². The lowest BCUT2D eigenvalue weighted by Gasteiger charge is -2.40. The van der Waals surface area contributed by atoms with E-state index in [2.05, 4.69) is 4.90 Å². The normalized spacial score (nSPS) is 29.3. The van der Waals surface area contributed by atoms with E-state index in [0.29, 0.717) is 24.0 Å². The van der Waals surface area contributed by atoms with E-state index in [-0.39, 0.29) is 11.9 Å². The average molecular weight is 308 g/mol. The molecule has 2 aliphatic rings. The van der Waals surface area contributed by atoms with E-state index >= 15 is 0 Å². The molecule has 0 aromatic heterocycles. The average Bonchev–Trinajstić information content (AvgIpc) is 2.46. The molecule has 0 aromatic carbocycles. The fourth-order valence-corrected chi connectivity index (χ4v) is 3.57. The van der Waals surface area contributed by atoms with E-state index < -0.39 is 13.4 Å². The van der Waals surface area contributed by atoms with Crippen LogP contribution >= 0.6 is 0 Å². The van der Waals surface area contributed by atoms with Crippen molar-refractivity contribution in [3.63, 3.8) is 0 Å². The fourth-order valence-electron chi connectivity index (χ4n) is 3.57.